The van der Waals surface area contributed by atoms with Crippen LogP contribution in [0.25, 0.3) is 0 Å². The minimum atomic E-state index is -0.294. The largest absolute Gasteiger partial charge is 0.508 e. The van der Waals surface area contributed by atoms with E-state index in [0.717, 1.165) is 18.5 Å². The molecular formula is C21H25NO. The lowest BCUT2D eigenvalue weighted by Crippen LogP contribution is -2.36. The molecule has 2 aliphatic rings. The van der Waals surface area contributed by atoms with E-state index in [-0.39, 0.29) is 5.41 Å². The Hall–Kier alpha value is -2.22. The molecule has 0 amide bonds. The van der Waals surface area contributed by atoms with Gasteiger partial charge in [0.25, 0.3) is 0 Å². The molecule has 0 saturated heterocycles. The molecule has 1 N–H and O–H groups in total. The number of aryl methyl sites for hydroxylation is 1. The van der Waals surface area contributed by atoms with Gasteiger partial charge in [-0.05, 0) is 43.2 Å². The van der Waals surface area contributed by atoms with E-state index in [0.29, 0.717) is 11.7 Å². The van der Waals surface area contributed by atoms with E-state index in [4.69, 9.17) is 0 Å². The van der Waals surface area contributed by atoms with Crippen LogP contribution in [-0.2, 0) is 5.41 Å². The maximum atomic E-state index is 10.6. The molecule has 1 heterocycles. The van der Waals surface area contributed by atoms with Gasteiger partial charge in [-0.2, -0.15) is 0 Å². The van der Waals surface area contributed by atoms with Crippen molar-refractivity contribution >= 4 is 0 Å². The summed E-state index contributed by atoms with van der Waals surface area (Å²) in [5.41, 5.74) is 3.15. The van der Waals surface area contributed by atoms with E-state index in [1.54, 1.807) is 0 Å². The summed E-state index contributed by atoms with van der Waals surface area (Å²) in [5, 5.41) is 10.6. The Morgan fingerprint density at radius 1 is 1.30 bits per heavy atom. The zero-order chi connectivity index (χ0) is 16.4. The van der Waals surface area contributed by atoms with Gasteiger partial charge in [0.2, 0.25) is 0 Å². The van der Waals surface area contributed by atoms with Crippen molar-refractivity contribution in [1.29, 1.82) is 0 Å². The van der Waals surface area contributed by atoms with Crippen LogP contribution in [0.15, 0.2) is 66.4 Å². The number of nitrogens with zero attached hydrogens (tertiary/aromatic N) is 1. The molecule has 0 spiro atoms. The molecule has 1 aromatic carbocycles. The lowest BCUT2D eigenvalue weighted by Gasteiger charge is -2.42. The van der Waals surface area contributed by atoms with Crippen LogP contribution in [0.4, 0.5) is 0 Å². The molecule has 0 aromatic heterocycles. The van der Waals surface area contributed by atoms with E-state index in [2.05, 4.69) is 74.5 Å². The molecule has 0 saturated carbocycles. The number of aromatic hydroxyl groups is 1. The third-order valence-corrected chi connectivity index (χ3v) is 5.02. The third kappa shape index (κ3) is 2.63. The molecule has 1 aliphatic heterocycles. The second kappa shape index (κ2) is 6.11. The molecule has 23 heavy (non-hydrogen) atoms. The topological polar surface area (TPSA) is 23.5 Å². The number of benzene rings is 1. The molecular weight excluding hydrogens is 282 g/mol. The smallest absolute Gasteiger partial charge is 0.120 e. The average Bonchev–Trinajstić information content (AvgIpc) is 2.57. The van der Waals surface area contributed by atoms with Crippen LogP contribution in [0.3, 0.4) is 0 Å². The van der Waals surface area contributed by atoms with Crippen LogP contribution in [0.5, 0.6) is 5.75 Å². The highest BCUT2D eigenvalue weighted by molar-refractivity contribution is 5.56. The van der Waals surface area contributed by atoms with Crippen molar-refractivity contribution in [2.24, 2.45) is 5.92 Å². The van der Waals surface area contributed by atoms with E-state index < -0.39 is 0 Å². The van der Waals surface area contributed by atoms with Gasteiger partial charge in [0.1, 0.15) is 5.75 Å². The van der Waals surface area contributed by atoms with Crippen molar-refractivity contribution in [1.82, 2.24) is 4.90 Å². The Morgan fingerprint density at radius 2 is 2.13 bits per heavy atom. The molecule has 0 radical (unpaired) electrons. The molecule has 2 atom stereocenters. The summed E-state index contributed by atoms with van der Waals surface area (Å²) in [6, 6.07) is 5.92. The predicted octanol–water partition coefficient (Wildman–Crippen LogP) is 4.48. The standard InChI is InChI=1S/C21H25NO/c1-4-17-7-5-6-12-21(17,18-10-13-22(3)14-11-18)19-15-16(2)8-9-20(19)23/h5-13,15,17,23H,4,14H2,1-3H3. The minimum Gasteiger partial charge on any atom is -0.508 e. The normalized spacial score (nSPS) is 26.5. The molecule has 120 valence electrons. The first kappa shape index (κ1) is 15.7. The quantitative estimate of drug-likeness (QED) is 0.890. The summed E-state index contributed by atoms with van der Waals surface area (Å²) in [4.78, 5) is 2.16. The van der Waals surface area contributed by atoms with Crippen molar-refractivity contribution in [3.63, 3.8) is 0 Å². The van der Waals surface area contributed by atoms with E-state index >= 15 is 0 Å². The number of hydrogen-bond donors (Lipinski definition) is 1. The lowest BCUT2D eigenvalue weighted by molar-refractivity contribution is 0.399. The van der Waals surface area contributed by atoms with Gasteiger partial charge in [-0.1, -0.05) is 55.0 Å². The minimum absolute atomic E-state index is 0.294. The monoisotopic (exact) mass is 307 g/mol. The number of allylic oxidation sites excluding steroid dienone is 6. The van der Waals surface area contributed by atoms with Gasteiger partial charge in [0, 0.05) is 24.6 Å². The summed E-state index contributed by atoms with van der Waals surface area (Å²) in [6.45, 7) is 5.20. The molecule has 1 aromatic rings. The highest BCUT2D eigenvalue weighted by Crippen LogP contribution is 2.49. The third-order valence-electron chi connectivity index (χ3n) is 5.02. The number of phenols is 1. The highest BCUT2D eigenvalue weighted by Gasteiger charge is 2.41. The van der Waals surface area contributed by atoms with Gasteiger partial charge in [-0.15, -0.1) is 0 Å². The molecule has 0 bridgehead atoms. The fourth-order valence-corrected chi connectivity index (χ4v) is 3.76. The van der Waals surface area contributed by atoms with Crippen molar-refractivity contribution in [3.8, 4) is 5.75 Å². The van der Waals surface area contributed by atoms with Crippen LogP contribution >= 0.6 is 0 Å². The lowest BCUT2D eigenvalue weighted by atomic mass is 9.62. The highest BCUT2D eigenvalue weighted by atomic mass is 16.3. The SMILES string of the molecule is CCC1C=CC=CC1(C1=CCN(C)C=C1)c1cc(C)ccc1O. The Bertz CT molecular complexity index is 711. The second-order valence-corrected chi connectivity index (χ2v) is 6.56. The van der Waals surface area contributed by atoms with Gasteiger partial charge in [-0.25, -0.2) is 0 Å². The zero-order valence-electron chi connectivity index (χ0n) is 14.2. The molecule has 0 fully saturated rings. The summed E-state index contributed by atoms with van der Waals surface area (Å²) >= 11 is 0. The summed E-state index contributed by atoms with van der Waals surface area (Å²) < 4.78 is 0. The van der Waals surface area contributed by atoms with Gasteiger partial charge in [0.05, 0.1) is 0 Å². The second-order valence-electron chi connectivity index (χ2n) is 6.56. The molecule has 3 rings (SSSR count). The van der Waals surface area contributed by atoms with Gasteiger partial charge < -0.3 is 10.0 Å². The Labute approximate surface area is 139 Å². The van der Waals surface area contributed by atoms with Gasteiger partial charge in [-0.3, -0.25) is 0 Å². The first-order chi connectivity index (χ1) is 11.1. The summed E-state index contributed by atoms with van der Waals surface area (Å²) in [5.74, 6) is 0.710. The molecule has 1 aliphatic carbocycles. The van der Waals surface area contributed by atoms with Crippen molar-refractivity contribution in [3.05, 3.63) is 77.6 Å². The molecule has 2 unspecified atom stereocenters. The van der Waals surface area contributed by atoms with Crippen LogP contribution < -0.4 is 0 Å². The zero-order valence-corrected chi connectivity index (χ0v) is 14.2. The number of phenolic OH excluding ortho intramolecular Hbond substituents is 1. The van der Waals surface area contributed by atoms with Crippen molar-refractivity contribution in [2.45, 2.75) is 25.7 Å². The first-order valence-corrected chi connectivity index (χ1v) is 8.33. The number of hydrogen-bond acceptors (Lipinski definition) is 2. The number of rotatable bonds is 3. The molecule has 2 heteroatoms. The maximum Gasteiger partial charge on any atom is 0.120 e. The fourth-order valence-electron chi connectivity index (χ4n) is 3.76. The Kier molecular flexibility index (Phi) is 4.16. The van der Waals surface area contributed by atoms with Crippen LogP contribution in [0.1, 0.15) is 24.5 Å². The first-order valence-electron chi connectivity index (χ1n) is 8.33. The Balaban J connectivity index is 2.23. The van der Waals surface area contributed by atoms with Crippen LogP contribution in [0.2, 0.25) is 0 Å². The van der Waals surface area contributed by atoms with Crippen molar-refractivity contribution in [2.75, 3.05) is 13.6 Å². The molecule has 2 nitrogen and oxygen atoms in total. The average molecular weight is 307 g/mol. The van der Waals surface area contributed by atoms with Crippen LogP contribution in [-0.4, -0.2) is 23.6 Å². The predicted molar refractivity (Wildman–Crippen MR) is 96.4 cm³/mol. The van der Waals surface area contributed by atoms with E-state index in [1.807, 2.05) is 12.1 Å². The van der Waals surface area contributed by atoms with Gasteiger partial charge in [0.15, 0.2) is 0 Å². The fraction of sp³-hybridized carbons (Fsp3) is 0.333. The Morgan fingerprint density at radius 3 is 2.83 bits per heavy atom. The van der Waals surface area contributed by atoms with Crippen LogP contribution in [0, 0.1) is 12.8 Å². The summed E-state index contributed by atoms with van der Waals surface area (Å²) in [6.07, 6.45) is 16.4. The van der Waals surface area contributed by atoms with E-state index in [1.165, 1.54) is 11.1 Å². The summed E-state index contributed by atoms with van der Waals surface area (Å²) in [7, 11) is 2.08. The maximum absolute atomic E-state index is 10.6. The van der Waals surface area contributed by atoms with Crippen molar-refractivity contribution < 1.29 is 5.11 Å². The van der Waals surface area contributed by atoms with E-state index in [9.17, 15) is 5.11 Å². The van der Waals surface area contributed by atoms with Gasteiger partial charge >= 0.3 is 0 Å². The number of likely N-dealkylation sites (N-methyl/N-ethyl adjacent to an activating group) is 1.